The van der Waals surface area contributed by atoms with Crippen molar-refractivity contribution in [3.05, 3.63) is 40.8 Å². The summed E-state index contributed by atoms with van der Waals surface area (Å²) in [6.45, 7) is 2.04. The standard InChI is InChI=1S/C18H24N4O.ClH/c19-14-6-3-4-10-21(12-14)16-8-9-17(16)22-18(23)15-7-2-1-5-13(15)11-20-22;/h1-2,5,7,11,14,16-17H,3-4,6,8-10,12,19H2;1H. The Morgan fingerprint density at radius 3 is 2.67 bits per heavy atom. The predicted molar refractivity (Wildman–Crippen MR) is 98.7 cm³/mol. The van der Waals surface area contributed by atoms with E-state index in [9.17, 15) is 4.79 Å². The van der Waals surface area contributed by atoms with E-state index in [0.29, 0.717) is 6.04 Å². The van der Waals surface area contributed by atoms with Crippen LogP contribution in [0, 0.1) is 0 Å². The van der Waals surface area contributed by atoms with Gasteiger partial charge in [0.25, 0.3) is 5.56 Å². The van der Waals surface area contributed by atoms with Crippen LogP contribution in [0.2, 0.25) is 0 Å². The van der Waals surface area contributed by atoms with E-state index in [-0.39, 0.29) is 30.0 Å². The first-order valence-corrected chi connectivity index (χ1v) is 8.70. The van der Waals surface area contributed by atoms with Crippen LogP contribution in [0.4, 0.5) is 0 Å². The number of halogens is 1. The number of likely N-dealkylation sites (tertiary alicyclic amines) is 1. The van der Waals surface area contributed by atoms with Gasteiger partial charge < -0.3 is 5.73 Å². The molecule has 2 heterocycles. The summed E-state index contributed by atoms with van der Waals surface area (Å²) < 4.78 is 1.72. The van der Waals surface area contributed by atoms with Crippen LogP contribution in [0.1, 0.15) is 38.1 Å². The lowest BCUT2D eigenvalue weighted by atomic mass is 9.84. The molecule has 6 heteroatoms. The molecular formula is C18H25ClN4O. The first kappa shape index (κ1) is 17.4. The van der Waals surface area contributed by atoms with Crippen LogP contribution in [0.3, 0.4) is 0 Å². The molecule has 1 saturated heterocycles. The molecule has 3 atom stereocenters. The van der Waals surface area contributed by atoms with Crippen LogP contribution in [0.5, 0.6) is 0 Å². The van der Waals surface area contributed by atoms with E-state index in [1.807, 2.05) is 30.5 Å². The third kappa shape index (κ3) is 3.08. The fourth-order valence-electron chi connectivity index (χ4n) is 4.02. The van der Waals surface area contributed by atoms with Gasteiger partial charge in [0, 0.05) is 24.0 Å². The summed E-state index contributed by atoms with van der Waals surface area (Å²) in [5.41, 5.74) is 6.24. The third-order valence-electron chi connectivity index (χ3n) is 5.45. The predicted octanol–water partition coefficient (Wildman–Crippen LogP) is 2.33. The van der Waals surface area contributed by atoms with E-state index >= 15 is 0 Å². The molecule has 1 aromatic heterocycles. The zero-order valence-corrected chi connectivity index (χ0v) is 14.6. The molecule has 4 rings (SSSR count). The Kier molecular flexibility index (Phi) is 5.23. The average molecular weight is 349 g/mol. The summed E-state index contributed by atoms with van der Waals surface area (Å²) in [6, 6.07) is 8.56. The first-order chi connectivity index (χ1) is 11.2. The van der Waals surface area contributed by atoms with Crippen LogP contribution in [-0.2, 0) is 0 Å². The minimum absolute atomic E-state index is 0. The molecule has 0 radical (unpaired) electrons. The van der Waals surface area contributed by atoms with Crippen LogP contribution < -0.4 is 11.3 Å². The fourth-order valence-corrected chi connectivity index (χ4v) is 4.02. The highest BCUT2D eigenvalue weighted by molar-refractivity contribution is 5.85. The maximum absolute atomic E-state index is 12.8. The van der Waals surface area contributed by atoms with Crippen LogP contribution in [0.15, 0.2) is 35.3 Å². The molecule has 1 aliphatic carbocycles. The SMILES string of the molecule is Cl.NC1CCCCN(C2CCC2n2ncc3ccccc3c2=O)C1. The molecule has 2 N–H and O–H groups in total. The van der Waals surface area contributed by atoms with Crippen molar-refractivity contribution in [3.8, 4) is 0 Å². The summed E-state index contributed by atoms with van der Waals surface area (Å²) in [6.07, 6.45) is 7.52. The molecule has 0 amide bonds. The van der Waals surface area contributed by atoms with Crippen molar-refractivity contribution in [1.29, 1.82) is 0 Å². The van der Waals surface area contributed by atoms with E-state index in [1.54, 1.807) is 4.68 Å². The Labute approximate surface area is 148 Å². The van der Waals surface area contributed by atoms with Gasteiger partial charge >= 0.3 is 0 Å². The molecule has 2 fully saturated rings. The number of nitrogens with two attached hydrogens (primary N) is 1. The van der Waals surface area contributed by atoms with E-state index in [1.165, 1.54) is 12.8 Å². The van der Waals surface area contributed by atoms with E-state index in [2.05, 4.69) is 10.00 Å². The lowest BCUT2D eigenvalue weighted by Gasteiger charge is -2.44. The zero-order chi connectivity index (χ0) is 15.8. The largest absolute Gasteiger partial charge is 0.327 e. The highest BCUT2D eigenvalue weighted by Crippen LogP contribution is 2.36. The van der Waals surface area contributed by atoms with Crippen molar-refractivity contribution >= 4 is 23.2 Å². The van der Waals surface area contributed by atoms with Gasteiger partial charge in [0.2, 0.25) is 0 Å². The number of rotatable bonds is 2. The maximum Gasteiger partial charge on any atom is 0.274 e. The monoisotopic (exact) mass is 348 g/mol. The van der Waals surface area contributed by atoms with Gasteiger partial charge in [-0.15, -0.1) is 12.4 Å². The van der Waals surface area contributed by atoms with E-state index in [4.69, 9.17) is 5.73 Å². The number of nitrogens with zero attached hydrogens (tertiary/aromatic N) is 3. The molecule has 3 unspecified atom stereocenters. The molecule has 2 aliphatic rings. The van der Waals surface area contributed by atoms with Crippen molar-refractivity contribution in [3.63, 3.8) is 0 Å². The quantitative estimate of drug-likeness (QED) is 0.904. The van der Waals surface area contributed by atoms with E-state index in [0.717, 1.165) is 43.1 Å². The summed E-state index contributed by atoms with van der Waals surface area (Å²) in [7, 11) is 0. The summed E-state index contributed by atoms with van der Waals surface area (Å²) in [4.78, 5) is 15.3. The van der Waals surface area contributed by atoms with Crippen molar-refractivity contribution in [2.24, 2.45) is 5.73 Å². The van der Waals surface area contributed by atoms with Crippen LogP contribution in [0.25, 0.3) is 10.8 Å². The molecule has 0 spiro atoms. The molecule has 0 bridgehead atoms. The van der Waals surface area contributed by atoms with Gasteiger partial charge in [-0.25, -0.2) is 4.68 Å². The maximum atomic E-state index is 12.8. The van der Waals surface area contributed by atoms with Gasteiger partial charge in [0.05, 0.1) is 17.6 Å². The number of fused-ring (bicyclic) bond motifs is 1. The molecule has 1 aromatic carbocycles. The second-order valence-corrected chi connectivity index (χ2v) is 6.94. The highest BCUT2D eigenvalue weighted by atomic mass is 35.5. The van der Waals surface area contributed by atoms with Crippen molar-refractivity contribution in [1.82, 2.24) is 14.7 Å². The minimum Gasteiger partial charge on any atom is -0.327 e. The molecule has 1 aliphatic heterocycles. The van der Waals surface area contributed by atoms with E-state index < -0.39 is 0 Å². The Hall–Kier alpha value is -1.43. The highest BCUT2D eigenvalue weighted by Gasteiger charge is 2.38. The normalized spacial score (nSPS) is 28.0. The number of benzene rings is 1. The van der Waals surface area contributed by atoms with Crippen LogP contribution in [-0.4, -0.2) is 39.9 Å². The Morgan fingerprint density at radius 1 is 1.08 bits per heavy atom. The molecule has 5 nitrogen and oxygen atoms in total. The van der Waals surface area contributed by atoms with Gasteiger partial charge in [-0.2, -0.15) is 5.10 Å². The zero-order valence-electron chi connectivity index (χ0n) is 13.8. The van der Waals surface area contributed by atoms with Gasteiger partial charge in [0.15, 0.2) is 0 Å². The lowest BCUT2D eigenvalue weighted by molar-refractivity contribution is 0.0590. The molecule has 130 valence electrons. The van der Waals surface area contributed by atoms with Gasteiger partial charge in [-0.3, -0.25) is 9.69 Å². The molecular weight excluding hydrogens is 324 g/mol. The Morgan fingerprint density at radius 2 is 1.88 bits per heavy atom. The fraction of sp³-hybridized carbons (Fsp3) is 0.556. The van der Waals surface area contributed by atoms with Crippen LogP contribution >= 0.6 is 12.4 Å². The van der Waals surface area contributed by atoms with Gasteiger partial charge in [0.1, 0.15) is 0 Å². The number of hydrogen-bond donors (Lipinski definition) is 1. The van der Waals surface area contributed by atoms with Crippen molar-refractivity contribution < 1.29 is 0 Å². The second kappa shape index (κ2) is 7.21. The second-order valence-electron chi connectivity index (χ2n) is 6.94. The Balaban J connectivity index is 0.00000169. The summed E-state index contributed by atoms with van der Waals surface area (Å²) >= 11 is 0. The van der Waals surface area contributed by atoms with Gasteiger partial charge in [-0.1, -0.05) is 24.6 Å². The number of hydrogen-bond acceptors (Lipinski definition) is 4. The smallest absolute Gasteiger partial charge is 0.274 e. The number of aromatic nitrogens is 2. The van der Waals surface area contributed by atoms with Gasteiger partial charge in [-0.05, 0) is 38.3 Å². The summed E-state index contributed by atoms with van der Waals surface area (Å²) in [5.74, 6) is 0. The third-order valence-corrected chi connectivity index (χ3v) is 5.45. The lowest BCUT2D eigenvalue weighted by Crippen LogP contribution is -2.53. The average Bonchev–Trinajstić information content (AvgIpc) is 2.73. The topological polar surface area (TPSA) is 64.2 Å². The molecule has 2 aromatic rings. The Bertz CT molecular complexity index is 762. The first-order valence-electron chi connectivity index (χ1n) is 8.70. The molecule has 24 heavy (non-hydrogen) atoms. The van der Waals surface area contributed by atoms with Crippen molar-refractivity contribution in [2.75, 3.05) is 13.1 Å². The molecule has 1 saturated carbocycles. The summed E-state index contributed by atoms with van der Waals surface area (Å²) in [5, 5.41) is 6.14. The van der Waals surface area contributed by atoms with Crippen molar-refractivity contribution in [2.45, 2.75) is 50.2 Å². The minimum atomic E-state index is 0.